The molecule has 152 valence electrons. The summed E-state index contributed by atoms with van der Waals surface area (Å²) in [5.74, 6) is 1.32. The molecule has 0 fully saturated rings. The minimum absolute atomic E-state index is 0.178. The van der Waals surface area contributed by atoms with Crippen molar-refractivity contribution in [1.82, 2.24) is 4.90 Å². The zero-order valence-corrected chi connectivity index (χ0v) is 17.7. The second-order valence-electron chi connectivity index (χ2n) is 7.13. The molecule has 7 heteroatoms. The van der Waals surface area contributed by atoms with Gasteiger partial charge in [-0.3, -0.25) is 9.52 Å². The van der Waals surface area contributed by atoms with Crippen LogP contribution in [-0.2, 0) is 16.6 Å². The average Bonchev–Trinajstić information content (AvgIpc) is 3.08. The Labute approximate surface area is 171 Å². The Kier molecular flexibility index (Phi) is 5.79. The molecule has 3 rings (SSSR count). The Morgan fingerprint density at radius 3 is 2.31 bits per heavy atom. The van der Waals surface area contributed by atoms with Gasteiger partial charge in [0.05, 0.1) is 11.4 Å². The minimum Gasteiger partial charge on any atom is -0.464 e. The van der Waals surface area contributed by atoms with Crippen LogP contribution in [0, 0.1) is 20.8 Å². The molecule has 1 N–H and O–H groups in total. The van der Waals surface area contributed by atoms with E-state index >= 15 is 0 Å². The largest absolute Gasteiger partial charge is 0.464 e. The summed E-state index contributed by atoms with van der Waals surface area (Å²) in [6, 6.07) is 15.4. The van der Waals surface area contributed by atoms with Crippen molar-refractivity contribution in [3.05, 3.63) is 82.8 Å². The summed E-state index contributed by atoms with van der Waals surface area (Å²) >= 11 is 0. The van der Waals surface area contributed by atoms with Crippen LogP contribution in [0.15, 0.2) is 63.9 Å². The average molecular weight is 413 g/mol. The van der Waals surface area contributed by atoms with Crippen LogP contribution in [0.4, 0.5) is 5.69 Å². The molecule has 0 saturated heterocycles. The van der Waals surface area contributed by atoms with Gasteiger partial charge in [0.25, 0.3) is 15.9 Å². The minimum atomic E-state index is -3.71. The number of anilines is 1. The zero-order chi connectivity index (χ0) is 21.2. The Hall–Kier alpha value is -3.06. The van der Waals surface area contributed by atoms with Crippen LogP contribution in [0.1, 0.15) is 33.0 Å². The van der Waals surface area contributed by atoms with Gasteiger partial charge in [0.15, 0.2) is 0 Å². The molecule has 0 spiro atoms. The topological polar surface area (TPSA) is 79.6 Å². The van der Waals surface area contributed by atoms with Gasteiger partial charge in [-0.25, -0.2) is 8.42 Å². The fraction of sp³-hybridized carbons (Fsp3) is 0.227. The van der Waals surface area contributed by atoms with Gasteiger partial charge in [-0.15, -0.1) is 0 Å². The predicted octanol–water partition coefficient (Wildman–Crippen LogP) is 4.28. The highest BCUT2D eigenvalue weighted by Crippen LogP contribution is 2.21. The van der Waals surface area contributed by atoms with Crippen molar-refractivity contribution >= 4 is 21.6 Å². The summed E-state index contributed by atoms with van der Waals surface area (Å²) in [7, 11) is -2.02. The lowest BCUT2D eigenvalue weighted by molar-refractivity contribution is 0.0775. The van der Waals surface area contributed by atoms with Gasteiger partial charge in [-0.2, -0.15) is 0 Å². The van der Waals surface area contributed by atoms with Crippen molar-refractivity contribution < 1.29 is 17.6 Å². The van der Waals surface area contributed by atoms with Gasteiger partial charge in [0.1, 0.15) is 11.5 Å². The summed E-state index contributed by atoms with van der Waals surface area (Å²) in [4.78, 5) is 14.4. The van der Waals surface area contributed by atoms with Crippen molar-refractivity contribution in [1.29, 1.82) is 0 Å². The van der Waals surface area contributed by atoms with Crippen LogP contribution in [0.3, 0.4) is 0 Å². The number of furan rings is 1. The van der Waals surface area contributed by atoms with Crippen LogP contribution in [0.5, 0.6) is 0 Å². The standard InChI is InChI=1S/C22H24N2O4S/c1-15-5-6-16(2)21(13-15)29(26,27)23-19-10-8-18(9-11-19)22(25)24(4)14-20-12-7-17(3)28-20/h5-13,23H,14H2,1-4H3. The second-order valence-corrected chi connectivity index (χ2v) is 8.78. The number of carbonyl (C=O) groups is 1. The van der Waals surface area contributed by atoms with E-state index in [0.29, 0.717) is 29.1 Å². The Balaban J connectivity index is 1.72. The van der Waals surface area contributed by atoms with Crippen molar-refractivity contribution in [2.45, 2.75) is 32.2 Å². The second kappa shape index (κ2) is 8.13. The van der Waals surface area contributed by atoms with Gasteiger partial charge >= 0.3 is 0 Å². The number of carbonyl (C=O) groups excluding carboxylic acids is 1. The molecule has 0 unspecified atom stereocenters. The third-order valence-electron chi connectivity index (χ3n) is 4.55. The highest BCUT2D eigenvalue weighted by atomic mass is 32.2. The number of hydrogen-bond donors (Lipinski definition) is 1. The van der Waals surface area contributed by atoms with Gasteiger partial charge in [-0.1, -0.05) is 12.1 Å². The van der Waals surface area contributed by atoms with E-state index in [9.17, 15) is 13.2 Å². The summed E-state index contributed by atoms with van der Waals surface area (Å²) in [6.45, 7) is 5.81. The molecule has 3 aromatic rings. The molecular formula is C22H24N2O4S. The first-order chi connectivity index (χ1) is 13.7. The first-order valence-corrected chi connectivity index (χ1v) is 10.6. The molecule has 0 atom stereocenters. The van der Waals surface area contributed by atoms with Gasteiger partial charge < -0.3 is 9.32 Å². The Bertz CT molecular complexity index is 1130. The highest BCUT2D eigenvalue weighted by molar-refractivity contribution is 7.92. The number of nitrogens with zero attached hydrogens (tertiary/aromatic N) is 1. The van der Waals surface area contributed by atoms with Crippen LogP contribution in [0.2, 0.25) is 0 Å². The number of rotatable bonds is 6. The number of aryl methyl sites for hydroxylation is 3. The molecule has 0 bridgehead atoms. The van der Waals surface area contributed by atoms with Crippen LogP contribution in [-0.4, -0.2) is 26.3 Å². The van der Waals surface area contributed by atoms with Gasteiger partial charge in [-0.05, 0) is 74.4 Å². The molecule has 1 heterocycles. The van der Waals surface area contributed by atoms with Gasteiger partial charge in [0, 0.05) is 18.3 Å². The number of hydrogen-bond acceptors (Lipinski definition) is 4. The molecule has 1 aromatic heterocycles. The predicted molar refractivity (Wildman–Crippen MR) is 112 cm³/mol. The molecule has 0 saturated carbocycles. The summed E-state index contributed by atoms with van der Waals surface area (Å²) in [5.41, 5.74) is 2.40. The maximum absolute atomic E-state index is 12.7. The monoisotopic (exact) mass is 412 g/mol. The van der Waals surface area contributed by atoms with E-state index < -0.39 is 10.0 Å². The smallest absolute Gasteiger partial charge is 0.262 e. The molecule has 6 nitrogen and oxygen atoms in total. The summed E-state index contributed by atoms with van der Waals surface area (Å²) in [6.07, 6.45) is 0. The lowest BCUT2D eigenvalue weighted by atomic mass is 10.2. The van der Waals surface area contributed by atoms with E-state index in [1.54, 1.807) is 55.3 Å². The molecule has 2 aromatic carbocycles. The molecule has 1 amide bonds. The van der Waals surface area contributed by atoms with E-state index in [1.807, 2.05) is 32.0 Å². The fourth-order valence-electron chi connectivity index (χ4n) is 2.98. The number of sulfonamides is 1. The quantitative estimate of drug-likeness (QED) is 0.655. The first-order valence-electron chi connectivity index (χ1n) is 9.16. The van der Waals surface area contributed by atoms with Crippen molar-refractivity contribution in [3.8, 4) is 0 Å². The van der Waals surface area contributed by atoms with Crippen LogP contribution in [0.25, 0.3) is 0 Å². The lowest BCUT2D eigenvalue weighted by Gasteiger charge is -2.16. The third kappa shape index (κ3) is 4.86. The molecule has 0 aliphatic carbocycles. The SMILES string of the molecule is Cc1ccc(C)c(S(=O)(=O)Nc2ccc(C(=O)N(C)Cc3ccc(C)o3)cc2)c1. The zero-order valence-electron chi connectivity index (χ0n) is 16.9. The molecule has 0 aliphatic heterocycles. The molecule has 0 aliphatic rings. The van der Waals surface area contributed by atoms with Crippen LogP contribution < -0.4 is 4.72 Å². The van der Waals surface area contributed by atoms with Gasteiger partial charge in [0.2, 0.25) is 0 Å². The summed E-state index contributed by atoms with van der Waals surface area (Å²) in [5, 5.41) is 0. The van der Waals surface area contributed by atoms with Crippen molar-refractivity contribution in [2.24, 2.45) is 0 Å². The van der Waals surface area contributed by atoms with E-state index in [0.717, 1.165) is 11.3 Å². The van der Waals surface area contributed by atoms with Crippen molar-refractivity contribution in [3.63, 3.8) is 0 Å². The molecular weight excluding hydrogens is 388 g/mol. The molecule has 29 heavy (non-hydrogen) atoms. The Morgan fingerprint density at radius 2 is 1.69 bits per heavy atom. The van der Waals surface area contributed by atoms with Crippen molar-refractivity contribution in [2.75, 3.05) is 11.8 Å². The highest BCUT2D eigenvalue weighted by Gasteiger charge is 2.18. The van der Waals surface area contributed by atoms with E-state index in [2.05, 4.69) is 4.72 Å². The first kappa shape index (κ1) is 20.7. The number of nitrogens with one attached hydrogen (secondary N) is 1. The van der Waals surface area contributed by atoms with E-state index in [1.165, 1.54) is 0 Å². The third-order valence-corrected chi connectivity index (χ3v) is 6.08. The number of benzene rings is 2. The fourth-order valence-corrected chi connectivity index (χ4v) is 4.37. The summed E-state index contributed by atoms with van der Waals surface area (Å²) < 4.78 is 33.5. The van der Waals surface area contributed by atoms with E-state index in [-0.39, 0.29) is 10.8 Å². The Morgan fingerprint density at radius 1 is 1.00 bits per heavy atom. The normalized spacial score (nSPS) is 11.3. The lowest BCUT2D eigenvalue weighted by Crippen LogP contribution is -2.26. The van der Waals surface area contributed by atoms with E-state index in [4.69, 9.17) is 4.42 Å². The maximum atomic E-state index is 12.7. The maximum Gasteiger partial charge on any atom is 0.262 e. The number of amides is 1. The molecule has 0 radical (unpaired) electrons. The van der Waals surface area contributed by atoms with Crippen LogP contribution >= 0.6 is 0 Å².